The summed E-state index contributed by atoms with van der Waals surface area (Å²) >= 11 is 1.41. The number of carbonyl (C=O) groups excluding carboxylic acids is 1. The Balaban J connectivity index is 1.51. The fraction of sp³-hybridized carbons (Fsp3) is 0.304. The summed E-state index contributed by atoms with van der Waals surface area (Å²) < 4.78 is 26.8. The van der Waals surface area contributed by atoms with Crippen LogP contribution in [0.2, 0.25) is 0 Å². The smallest absolute Gasteiger partial charge is 0.261 e. The van der Waals surface area contributed by atoms with Crippen molar-refractivity contribution in [1.82, 2.24) is 15.2 Å². The Hall–Kier alpha value is -2.64. The average Bonchev–Trinajstić information content (AvgIpc) is 3.30. The Kier molecular flexibility index (Phi) is 6.50. The number of halogens is 2. The minimum atomic E-state index is -0.832. The van der Waals surface area contributed by atoms with Gasteiger partial charge < -0.3 is 5.32 Å². The van der Waals surface area contributed by atoms with Crippen molar-refractivity contribution in [3.63, 3.8) is 0 Å². The van der Waals surface area contributed by atoms with Gasteiger partial charge in [0.05, 0.1) is 16.6 Å². The van der Waals surface area contributed by atoms with Gasteiger partial charge in [-0.1, -0.05) is 18.2 Å². The maximum atomic E-state index is 13.6. The molecule has 2 aromatic heterocycles. The number of rotatable bonds is 6. The lowest BCUT2D eigenvalue weighted by molar-refractivity contribution is 0.0879. The summed E-state index contributed by atoms with van der Waals surface area (Å²) in [6.45, 7) is 2.16. The SMILES string of the molecule is O=C(NC(c1ccccn1)C1CCCN(Cc2ccc(F)c(F)c2)C1)c1cccs1. The predicted octanol–water partition coefficient (Wildman–Crippen LogP) is 4.80. The van der Waals surface area contributed by atoms with Crippen LogP contribution in [-0.2, 0) is 6.54 Å². The van der Waals surface area contributed by atoms with Crippen LogP contribution in [0.5, 0.6) is 0 Å². The lowest BCUT2D eigenvalue weighted by atomic mass is 9.88. The second kappa shape index (κ2) is 9.45. The van der Waals surface area contributed by atoms with Gasteiger partial charge in [0.1, 0.15) is 0 Å². The van der Waals surface area contributed by atoms with E-state index in [0.717, 1.165) is 37.2 Å². The van der Waals surface area contributed by atoms with Crippen molar-refractivity contribution in [2.45, 2.75) is 25.4 Å². The van der Waals surface area contributed by atoms with E-state index in [-0.39, 0.29) is 17.9 Å². The molecule has 1 aliphatic rings. The average molecular weight is 428 g/mol. The van der Waals surface area contributed by atoms with E-state index >= 15 is 0 Å². The molecule has 1 fully saturated rings. The van der Waals surface area contributed by atoms with Gasteiger partial charge in [-0.05, 0) is 66.6 Å². The van der Waals surface area contributed by atoms with Gasteiger partial charge in [-0.15, -0.1) is 11.3 Å². The maximum absolute atomic E-state index is 13.6. The van der Waals surface area contributed by atoms with Crippen molar-refractivity contribution in [1.29, 1.82) is 0 Å². The molecule has 4 rings (SSSR count). The number of thiophene rings is 1. The van der Waals surface area contributed by atoms with Crippen molar-refractivity contribution < 1.29 is 13.6 Å². The third kappa shape index (κ3) is 4.91. The van der Waals surface area contributed by atoms with Crippen molar-refractivity contribution >= 4 is 17.2 Å². The Morgan fingerprint density at radius 3 is 2.83 bits per heavy atom. The molecule has 0 radical (unpaired) electrons. The van der Waals surface area contributed by atoms with E-state index in [1.54, 1.807) is 12.3 Å². The highest BCUT2D eigenvalue weighted by Gasteiger charge is 2.31. The monoisotopic (exact) mass is 427 g/mol. The molecular weight excluding hydrogens is 404 g/mol. The van der Waals surface area contributed by atoms with Gasteiger partial charge in [0.15, 0.2) is 11.6 Å². The Labute approximate surface area is 178 Å². The molecule has 1 aliphatic heterocycles. The zero-order valence-corrected chi connectivity index (χ0v) is 17.2. The van der Waals surface area contributed by atoms with Gasteiger partial charge >= 0.3 is 0 Å². The molecule has 0 spiro atoms. The second-order valence-electron chi connectivity index (χ2n) is 7.57. The fourth-order valence-corrected chi connectivity index (χ4v) is 4.64. The number of likely N-dealkylation sites (tertiary alicyclic amines) is 1. The van der Waals surface area contributed by atoms with Crippen LogP contribution in [0.3, 0.4) is 0 Å². The number of aromatic nitrogens is 1. The quantitative estimate of drug-likeness (QED) is 0.614. The molecule has 1 amide bonds. The molecule has 2 atom stereocenters. The van der Waals surface area contributed by atoms with Gasteiger partial charge in [-0.25, -0.2) is 8.78 Å². The Bertz CT molecular complexity index is 981. The van der Waals surface area contributed by atoms with Gasteiger partial charge in [0, 0.05) is 19.3 Å². The van der Waals surface area contributed by atoms with E-state index in [1.165, 1.54) is 23.5 Å². The zero-order chi connectivity index (χ0) is 20.9. The van der Waals surface area contributed by atoms with Crippen LogP contribution in [0.15, 0.2) is 60.1 Å². The highest BCUT2D eigenvalue weighted by Crippen LogP contribution is 2.30. The normalized spacial score (nSPS) is 18.1. The number of pyridine rings is 1. The summed E-state index contributed by atoms with van der Waals surface area (Å²) in [4.78, 5) is 20.2. The molecule has 30 heavy (non-hydrogen) atoms. The first-order valence-electron chi connectivity index (χ1n) is 10.0. The van der Waals surface area contributed by atoms with E-state index < -0.39 is 11.6 Å². The van der Waals surface area contributed by atoms with Crippen molar-refractivity contribution in [3.05, 3.63) is 87.9 Å². The van der Waals surface area contributed by atoms with E-state index in [9.17, 15) is 13.6 Å². The van der Waals surface area contributed by atoms with Crippen LogP contribution in [-0.4, -0.2) is 28.9 Å². The van der Waals surface area contributed by atoms with Crippen molar-refractivity contribution in [3.8, 4) is 0 Å². The van der Waals surface area contributed by atoms with Crippen LogP contribution in [0.4, 0.5) is 8.78 Å². The second-order valence-corrected chi connectivity index (χ2v) is 8.52. The summed E-state index contributed by atoms with van der Waals surface area (Å²) in [6.07, 6.45) is 3.66. The van der Waals surface area contributed by atoms with Gasteiger partial charge in [0.2, 0.25) is 0 Å². The maximum Gasteiger partial charge on any atom is 0.261 e. The molecule has 3 heterocycles. The lowest BCUT2D eigenvalue weighted by Crippen LogP contribution is -2.43. The van der Waals surface area contributed by atoms with Gasteiger partial charge in [-0.2, -0.15) is 0 Å². The summed E-state index contributed by atoms with van der Waals surface area (Å²) in [7, 11) is 0. The zero-order valence-electron chi connectivity index (χ0n) is 16.4. The van der Waals surface area contributed by atoms with Crippen molar-refractivity contribution in [2.24, 2.45) is 5.92 Å². The molecule has 2 unspecified atom stereocenters. The van der Waals surface area contributed by atoms with E-state index in [4.69, 9.17) is 0 Å². The topological polar surface area (TPSA) is 45.2 Å². The predicted molar refractivity (Wildman–Crippen MR) is 113 cm³/mol. The number of piperidine rings is 1. The highest BCUT2D eigenvalue weighted by atomic mass is 32.1. The molecule has 4 nitrogen and oxygen atoms in total. The van der Waals surface area contributed by atoms with E-state index in [1.807, 2.05) is 35.7 Å². The third-order valence-corrected chi connectivity index (χ3v) is 6.31. The number of carbonyl (C=O) groups is 1. The summed E-state index contributed by atoms with van der Waals surface area (Å²) in [6, 6.07) is 13.2. The molecule has 156 valence electrons. The van der Waals surface area contributed by atoms with Crippen LogP contribution in [0, 0.1) is 17.6 Å². The minimum Gasteiger partial charge on any atom is -0.343 e. The molecular formula is C23H23F2N3OS. The third-order valence-electron chi connectivity index (χ3n) is 5.44. The Morgan fingerprint density at radius 2 is 2.10 bits per heavy atom. The Morgan fingerprint density at radius 1 is 1.20 bits per heavy atom. The first kappa shape index (κ1) is 20.6. The van der Waals surface area contributed by atoms with Crippen LogP contribution >= 0.6 is 11.3 Å². The van der Waals surface area contributed by atoms with E-state index in [0.29, 0.717) is 11.4 Å². The number of benzene rings is 1. The summed E-state index contributed by atoms with van der Waals surface area (Å²) in [5, 5.41) is 5.06. The van der Waals surface area contributed by atoms with E-state index in [2.05, 4.69) is 15.2 Å². The summed E-state index contributed by atoms with van der Waals surface area (Å²) in [5.74, 6) is -1.58. The van der Waals surface area contributed by atoms with Gasteiger partial charge in [-0.3, -0.25) is 14.7 Å². The molecule has 0 saturated carbocycles. The number of hydrogen-bond donors (Lipinski definition) is 1. The molecule has 3 aromatic rings. The fourth-order valence-electron chi connectivity index (χ4n) is 4.02. The van der Waals surface area contributed by atoms with Crippen LogP contribution in [0.1, 0.15) is 39.8 Å². The molecule has 1 saturated heterocycles. The molecule has 0 bridgehead atoms. The van der Waals surface area contributed by atoms with Crippen LogP contribution < -0.4 is 5.32 Å². The number of nitrogens with one attached hydrogen (secondary N) is 1. The number of amides is 1. The standard InChI is InChI=1S/C23H23F2N3OS/c24-18-9-8-16(13-19(18)25)14-28-11-3-5-17(15-28)22(20-6-1-2-10-26-20)27-23(29)21-7-4-12-30-21/h1-2,4,6-10,12-13,17,22H,3,5,11,14-15H2,(H,27,29). The number of hydrogen-bond acceptors (Lipinski definition) is 4. The largest absolute Gasteiger partial charge is 0.343 e. The highest BCUT2D eigenvalue weighted by molar-refractivity contribution is 7.12. The summed E-state index contributed by atoms with van der Waals surface area (Å²) in [5.41, 5.74) is 1.58. The van der Waals surface area contributed by atoms with Gasteiger partial charge in [0.25, 0.3) is 5.91 Å². The molecule has 1 aromatic carbocycles. The van der Waals surface area contributed by atoms with Crippen LogP contribution in [0.25, 0.3) is 0 Å². The first-order chi connectivity index (χ1) is 14.6. The molecule has 7 heteroatoms. The first-order valence-corrected chi connectivity index (χ1v) is 10.9. The number of nitrogens with zero attached hydrogens (tertiary/aromatic N) is 2. The lowest BCUT2D eigenvalue weighted by Gasteiger charge is -2.37. The minimum absolute atomic E-state index is 0.0987. The molecule has 0 aliphatic carbocycles. The molecule has 1 N–H and O–H groups in total. The van der Waals surface area contributed by atoms with Crippen molar-refractivity contribution in [2.75, 3.05) is 13.1 Å².